The summed E-state index contributed by atoms with van der Waals surface area (Å²) in [6, 6.07) is 8.12. The molecule has 1 aromatic rings. The van der Waals surface area contributed by atoms with E-state index in [0.29, 0.717) is 0 Å². The minimum Gasteiger partial charge on any atom is -0.0843 e. The Morgan fingerprint density at radius 1 is 1.23 bits per heavy atom. The van der Waals surface area contributed by atoms with E-state index in [0.717, 1.165) is 10.9 Å². The highest BCUT2D eigenvalue weighted by atomic mass is 35.5. The van der Waals surface area contributed by atoms with Gasteiger partial charge in [-0.1, -0.05) is 36.7 Å². The van der Waals surface area contributed by atoms with Gasteiger partial charge in [0, 0.05) is 5.02 Å². The molecule has 0 radical (unpaired) electrons. The van der Waals surface area contributed by atoms with Crippen LogP contribution in [0.5, 0.6) is 0 Å². The molecule has 0 saturated heterocycles. The Balaban J connectivity index is 2.26. The molecule has 0 aromatic heterocycles. The molecule has 0 amide bonds. The van der Waals surface area contributed by atoms with E-state index < -0.39 is 0 Å². The fourth-order valence-electron chi connectivity index (χ4n) is 1.80. The van der Waals surface area contributed by atoms with Gasteiger partial charge in [-0.15, -0.1) is 0 Å². The van der Waals surface area contributed by atoms with Crippen LogP contribution < -0.4 is 0 Å². The predicted octanol–water partition coefficient (Wildman–Crippen LogP) is 4.15. The van der Waals surface area contributed by atoms with E-state index in [1.807, 2.05) is 12.1 Å². The van der Waals surface area contributed by atoms with Gasteiger partial charge in [-0.3, -0.25) is 0 Å². The number of hydrogen-bond acceptors (Lipinski definition) is 0. The molecule has 2 rings (SSSR count). The van der Waals surface area contributed by atoms with E-state index in [2.05, 4.69) is 25.1 Å². The summed E-state index contributed by atoms with van der Waals surface area (Å²) in [6.45, 7) is 2.27. The molecule has 0 saturated carbocycles. The smallest absolute Gasteiger partial charge is 0.0406 e. The monoisotopic (exact) mass is 192 g/mol. The Labute approximate surface area is 84.2 Å². The van der Waals surface area contributed by atoms with Crippen molar-refractivity contribution in [3.05, 3.63) is 40.9 Å². The first-order valence-corrected chi connectivity index (χ1v) is 5.10. The van der Waals surface area contributed by atoms with Gasteiger partial charge in [0.15, 0.2) is 0 Å². The molecule has 1 unspecified atom stereocenters. The second kappa shape index (κ2) is 3.55. The normalized spacial score (nSPS) is 21.7. The Hall–Kier alpha value is -0.750. The molecule has 0 N–H and O–H groups in total. The summed E-state index contributed by atoms with van der Waals surface area (Å²) in [6.07, 6.45) is 4.87. The van der Waals surface area contributed by atoms with Crippen molar-refractivity contribution in [2.45, 2.75) is 19.8 Å². The first-order valence-electron chi connectivity index (χ1n) is 4.72. The maximum absolute atomic E-state index is 5.83. The number of benzene rings is 1. The topological polar surface area (TPSA) is 0 Å². The molecule has 0 nitrogen and oxygen atoms in total. The summed E-state index contributed by atoms with van der Waals surface area (Å²) in [5.41, 5.74) is 2.80. The number of hydrogen-bond donors (Lipinski definition) is 0. The maximum atomic E-state index is 5.83. The fourth-order valence-corrected chi connectivity index (χ4v) is 1.92. The van der Waals surface area contributed by atoms with Gasteiger partial charge in [-0.2, -0.15) is 0 Å². The standard InChI is InChI=1S/C12H13Cl/c1-9-2-3-11(8-9)10-4-6-12(13)7-5-10/h4-9H,2-3H2,1H3. The molecule has 0 heterocycles. The van der Waals surface area contributed by atoms with Crippen molar-refractivity contribution in [2.24, 2.45) is 5.92 Å². The van der Waals surface area contributed by atoms with Crippen LogP contribution in [0.25, 0.3) is 5.57 Å². The van der Waals surface area contributed by atoms with Crippen molar-refractivity contribution in [2.75, 3.05) is 0 Å². The van der Waals surface area contributed by atoms with Crippen LogP contribution in [-0.4, -0.2) is 0 Å². The van der Waals surface area contributed by atoms with Crippen molar-refractivity contribution < 1.29 is 0 Å². The van der Waals surface area contributed by atoms with Crippen LogP contribution in [0.2, 0.25) is 5.02 Å². The van der Waals surface area contributed by atoms with Crippen LogP contribution in [0.3, 0.4) is 0 Å². The van der Waals surface area contributed by atoms with E-state index in [9.17, 15) is 0 Å². The lowest BCUT2D eigenvalue weighted by Gasteiger charge is -2.00. The van der Waals surface area contributed by atoms with Gasteiger partial charge < -0.3 is 0 Å². The first kappa shape index (κ1) is 8.83. The molecule has 1 aromatic carbocycles. The van der Waals surface area contributed by atoms with Crippen LogP contribution in [0.15, 0.2) is 30.3 Å². The van der Waals surface area contributed by atoms with Gasteiger partial charge in [0.05, 0.1) is 0 Å². The predicted molar refractivity (Wildman–Crippen MR) is 57.8 cm³/mol. The average molecular weight is 193 g/mol. The molecular formula is C12H13Cl. The number of halogens is 1. The van der Waals surface area contributed by atoms with Gasteiger partial charge in [0.25, 0.3) is 0 Å². The van der Waals surface area contributed by atoms with Crippen LogP contribution in [0.1, 0.15) is 25.3 Å². The van der Waals surface area contributed by atoms with E-state index in [4.69, 9.17) is 11.6 Å². The third-order valence-electron chi connectivity index (χ3n) is 2.57. The van der Waals surface area contributed by atoms with E-state index in [-0.39, 0.29) is 0 Å². The zero-order valence-corrected chi connectivity index (χ0v) is 8.51. The minimum atomic E-state index is 0.741. The Kier molecular flexibility index (Phi) is 2.41. The summed E-state index contributed by atoms with van der Waals surface area (Å²) in [5.74, 6) is 0.741. The second-order valence-corrected chi connectivity index (χ2v) is 4.15. The van der Waals surface area contributed by atoms with Crippen LogP contribution in [-0.2, 0) is 0 Å². The highest BCUT2D eigenvalue weighted by molar-refractivity contribution is 6.30. The largest absolute Gasteiger partial charge is 0.0843 e. The number of rotatable bonds is 1. The summed E-state index contributed by atoms with van der Waals surface area (Å²) in [4.78, 5) is 0. The third-order valence-corrected chi connectivity index (χ3v) is 2.82. The fraction of sp³-hybridized carbons (Fsp3) is 0.333. The summed E-state index contributed by atoms with van der Waals surface area (Å²) in [5, 5.41) is 0.815. The van der Waals surface area contributed by atoms with E-state index in [1.165, 1.54) is 24.0 Å². The lowest BCUT2D eigenvalue weighted by Crippen LogP contribution is -1.78. The first-order chi connectivity index (χ1) is 6.25. The molecule has 0 spiro atoms. The molecular weight excluding hydrogens is 180 g/mol. The molecule has 1 aliphatic carbocycles. The van der Waals surface area contributed by atoms with Crippen LogP contribution >= 0.6 is 11.6 Å². The zero-order valence-electron chi connectivity index (χ0n) is 7.76. The van der Waals surface area contributed by atoms with Crippen molar-refractivity contribution in [1.29, 1.82) is 0 Å². The van der Waals surface area contributed by atoms with Crippen LogP contribution in [0.4, 0.5) is 0 Å². The molecule has 0 aliphatic heterocycles. The molecule has 13 heavy (non-hydrogen) atoms. The Morgan fingerprint density at radius 3 is 2.46 bits per heavy atom. The number of allylic oxidation sites excluding steroid dienone is 2. The molecule has 1 heteroatoms. The molecule has 68 valence electrons. The molecule has 0 fully saturated rings. The Morgan fingerprint density at radius 2 is 1.92 bits per heavy atom. The lowest BCUT2D eigenvalue weighted by atomic mass is 10.1. The van der Waals surface area contributed by atoms with Crippen molar-refractivity contribution in [3.8, 4) is 0 Å². The Bertz CT molecular complexity index is 321. The average Bonchev–Trinajstić information content (AvgIpc) is 2.53. The quantitative estimate of drug-likeness (QED) is 0.627. The molecule has 1 atom stereocenters. The zero-order chi connectivity index (χ0) is 9.26. The SMILES string of the molecule is CC1C=C(c2ccc(Cl)cc2)CC1. The van der Waals surface area contributed by atoms with Gasteiger partial charge in [0.1, 0.15) is 0 Å². The maximum Gasteiger partial charge on any atom is 0.0406 e. The van der Waals surface area contributed by atoms with E-state index >= 15 is 0 Å². The summed E-state index contributed by atoms with van der Waals surface area (Å²) >= 11 is 5.83. The van der Waals surface area contributed by atoms with Gasteiger partial charge >= 0.3 is 0 Å². The van der Waals surface area contributed by atoms with Gasteiger partial charge in [0.2, 0.25) is 0 Å². The van der Waals surface area contributed by atoms with Crippen molar-refractivity contribution in [1.82, 2.24) is 0 Å². The molecule has 1 aliphatic rings. The molecule has 0 bridgehead atoms. The van der Waals surface area contributed by atoms with Crippen molar-refractivity contribution >= 4 is 17.2 Å². The van der Waals surface area contributed by atoms with Gasteiger partial charge in [-0.05, 0) is 42.0 Å². The summed E-state index contributed by atoms with van der Waals surface area (Å²) in [7, 11) is 0. The summed E-state index contributed by atoms with van der Waals surface area (Å²) < 4.78 is 0. The minimum absolute atomic E-state index is 0.741. The lowest BCUT2D eigenvalue weighted by molar-refractivity contribution is 0.703. The highest BCUT2D eigenvalue weighted by Gasteiger charge is 2.12. The van der Waals surface area contributed by atoms with Gasteiger partial charge in [-0.25, -0.2) is 0 Å². The van der Waals surface area contributed by atoms with Crippen molar-refractivity contribution in [3.63, 3.8) is 0 Å². The highest BCUT2D eigenvalue weighted by Crippen LogP contribution is 2.31. The van der Waals surface area contributed by atoms with E-state index in [1.54, 1.807) is 0 Å². The second-order valence-electron chi connectivity index (χ2n) is 3.71. The third kappa shape index (κ3) is 1.94. The van der Waals surface area contributed by atoms with Crippen LogP contribution in [0, 0.1) is 5.92 Å².